The number of nitrogens with one attached hydrogen (secondary N) is 3. The van der Waals surface area contributed by atoms with Crippen molar-refractivity contribution < 1.29 is 13.9 Å². The molecule has 10 heteroatoms. The van der Waals surface area contributed by atoms with E-state index in [1.807, 2.05) is 12.1 Å². The summed E-state index contributed by atoms with van der Waals surface area (Å²) in [6.45, 7) is 3.80. The summed E-state index contributed by atoms with van der Waals surface area (Å²) in [4.78, 5) is 13.6. The Morgan fingerprint density at radius 3 is 1.78 bits per heavy atom. The Balaban J connectivity index is 1.40. The minimum absolute atomic E-state index is 0.217. The first-order chi connectivity index (χ1) is 20.2. The van der Waals surface area contributed by atoms with Gasteiger partial charge in [0.15, 0.2) is 0 Å². The minimum Gasteiger partial charge on any atom is -0.378 e. The van der Waals surface area contributed by atoms with Crippen LogP contribution in [0.1, 0.15) is 29.0 Å². The SMILES string of the molecule is NCCOCCOCCNc1nc(NCCC(c2ccccc2)c2ccccc2)nc(NCc2ccccc2F)n1. The first-order valence-electron chi connectivity index (χ1n) is 13.9. The summed E-state index contributed by atoms with van der Waals surface area (Å²) in [6.07, 6.45) is 0.834. The third kappa shape index (κ3) is 10.1. The molecular formula is C31H38FN7O2. The Bertz CT molecular complexity index is 1260. The van der Waals surface area contributed by atoms with E-state index in [1.165, 1.54) is 17.2 Å². The van der Waals surface area contributed by atoms with Crippen molar-refractivity contribution in [1.82, 2.24) is 15.0 Å². The lowest BCUT2D eigenvalue weighted by atomic mass is 9.88. The van der Waals surface area contributed by atoms with Crippen LogP contribution < -0.4 is 21.7 Å². The van der Waals surface area contributed by atoms with E-state index in [1.54, 1.807) is 18.2 Å². The molecule has 0 spiro atoms. The molecule has 0 saturated carbocycles. The molecule has 0 fully saturated rings. The number of anilines is 3. The van der Waals surface area contributed by atoms with Crippen LogP contribution in [0.15, 0.2) is 84.9 Å². The molecule has 0 unspecified atom stereocenters. The average molecular weight is 560 g/mol. The molecule has 0 amide bonds. The Morgan fingerprint density at radius 1 is 0.634 bits per heavy atom. The van der Waals surface area contributed by atoms with Gasteiger partial charge in [-0.2, -0.15) is 15.0 Å². The van der Waals surface area contributed by atoms with Gasteiger partial charge in [0.05, 0.1) is 26.4 Å². The quantitative estimate of drug-likeness (QED) is 0.129. The van der Waals surface area contributed by atoms with Crippen LogP contribution in [0.3, 0.4) is 0 Å². The largest absolute Gasteiger partial charge is 0.378 e. The Morgan fingerprint density at radius 2 is 1.17 bits per heavy atom. The molecule has 4 rings (SSSR count). The van der Waals surface area contributed by atoms with Crippen LogP contribution in [0.25, 0.3) is 0 Å². The van der Waals surface area contributed by atoms with Gasteiger partial charge < -0.3 is 31.2 Å². The number of nitrogens with two attached hydrogens (primary N) is 1. The second kappa shape index (κ2) is 16.9. The summed E-state index contributed by atoms with van der Waals surface area (Å²) < 4.78 is 25.1. The van der Waals surface area contributed by atoms with Crippen LogP contribution in [0.4, 0.5) is 22.2 Å². The van der Waals surface area contributed by atoms with Gasteiger partial charge in [-0.1, -0.05) is 78.9 Å². The molecule has 0 aliphatic heterocycles. The summed E-state index contributed by atoms with van der Waals surface area (Å²) in [5.41, 5.74) is 8.44. The predicted octanol–water partition coefficient (Wildman–Crippen LogP) is 4.66. The molecule has 4 aromatic rings. The lowest BCUT2D eigenvalue weighted by Gasteiger charge is -2.19. The summed E-state index contributed by atoms with van der Waals surface area (Å²) >= 11 is 0. The van der Waals surface area contributed by atoms with Gasteiger partial charge in [-0.05, 0) is 23.6 Å². The second-order valence-electron chi connectivity index (χ2n) is 9.28. The van der Waals surface area contributed by atoms with E-state index in [-0.39, 0.29) is 18.3 Å². The van der Waals surface area contributed by atoms with Crippen LogP contribution in [0.2, 0.25) is 0 Å². The minimum atomic E-state index is -0.286. The molecule has 0 radical (unpaired) electrons. The van der Waals surface area contributed by atoms with Gasteiger partial charge in [-0.25, -0.2) is 4.39 Å². The molecule has 1 aromatic heterocycles. The highest BCUT2D eigenvalue weighted by Crippen LogP contribution is 2.27. The van der Waals surface area contributed by atoms with Crippen LogP contribution in [0, 0.1) is 5.82 Å². The number of rotatable bonds is 18. The summed E-state index contributed by atoms with van der Waals surface area (Å²) in [5.74, 6) is 1.09. The van der Waals surface area contributed by atoms with Crippen molar-refractivity contribution in [2.24, 2.45) is 5.73 Å². The van der Waals surface area contributed by atoms with Gasteiger partial charge in [0.1, 0.15) is 5.82 Å². The molecule has 1 heterocycles. The Kier molecular flexibility index (Phi) is 12.3. The standard InChI is InChI=1S/C31H38FN7O2/c32-28-14-8-7-13-26(28)23-36-31-38-29(37-30(39-31)35-18-20-41-22-21-40-19-16-33)34-17-15-27(24-9-3-1-4-10-24)25-11-5-2-6-12-25/h1-14,27H,15-23,33H2,(H3,34,35,36,37,38,39). The maximum absolute atomic E-state index is 14.2. The van der Waals surface area contributed by atoms with Crippen molar-refractivity contribution in [3.63, 3.8) is 0 Å². The van der Waals surface area contributed by atoms with Crippen LogP contribution >= 0.6 is 0 Å². The van der Waals surface area contributed by atoms with Crippen molar-refractivity contribution >= 4 is 17.8 Å². The van der Waals surface area contributed by atoms with Gasteiger partial charge in [0.25, 0.3) is 0 Å². The maximum atomic E-state index is 14.2. The average Bonchev–Trinajstić information content (AvgIpc) is 3.01. The molecule has 0 atom stereocenters. The molecule has 0 bridgehead atoms. The van der Waals surface area contributed by atoms with E-state index in [0.29, 0.717) is 69.5 Å². The van der Waals surface area contributed by atoms with E-state index >= 15 is 0 Å². The smallest absolute Gasteiger partial charge is 0.229 e. The van der Waals surface area contributed by atoms with Crippen molar-refractivity contribution in [3.8, 4) is 0 Å². The molecular weight excluding hydrogens is 521 g/mol. The number of ether oxygens (including phenoxy) is 2. The topological polar surface area (TPSA) is 119 Å². The van der Waals surface area contributed by atoms with E-state index in [0.717, 1.165) is 6.42 Å². The van der Waals surface area contributed by atoms with Gasteiger partial charge in [0, 0.05) is 37.7 Å². The molecule has 9 nitrogen and oxygen atoms in total. The number of halogens is 1. The molecule has 0 aliphatic carbocycles. The zero-order chi connectivity index (χ0) is 28.5. The zero-order valence-corrected chi connectivity index (χ0v) is 23.1. The first kappa shape index (κ1) is 29.9. The number of aromatic nitrogens is 3. The number of nitrogens with zero attached hydrogens (tertiary/aromatic N) is 3. The highest BCUT2D eigenvalue weighted by molar-refractivity contribution is 5.43. The predicted molar refractivity (Wildman–Crippen MR) is 161 cm³/mol. The highest BCUT2D eigenvalue weighted by Gasteiger charge is 2.14. The summed E-state index contributed by atoms with van der Waals surface area (Å²) in [5, 5.41) is 9.67. The number of benzene rings is 3. The Labute approximate surface area is 240 Å². The maximum Gasteiger partial charge on any atom is 0.229 e. The summed E-state index contributed by atoms with van der Waals surface area (Å²) in [7, 11) is 0. The summed E-state index contributed by atoms with van der Waals surface area (Å²) in [6, 6.07) is 27.5. The molecule has 41 heavy (non-hydrogen) atoms. The fraction of sp³-hybridized carbons (Fsp3) is 0.323. The van der Waals surface area contributed by atoms with E-state index in [2.05, 4.69) is 79.4 Å². The van der Waals surface area contributed by atoms with Crippen molar-refractivity contribution in [2.75, 3.05) is 62.0 Å². The highest BCUT2D eigenvalue weighted by atomic mass is 19.1. The van der Waals surface area contributed by atoms with Crippen LogP contribution in [-0.2, 0) is 16.0 Å². The normalized spacial score (nSPS) is 11.0. The fourth-order valence-electron chi connectivity index (χ4n) is 4.29. The zero-order valence-electron chi connectivity index (χ0n) is 23.1. The fourth-order valence-corrected chi connectivity index (χ4v) is 4.29. The second-order valence-corrected chi connectivity index (χ2v) is 9.28. The molecule has 5 N–H and O–H groups in total. The van der Waals surface area contributed by atoms with Crippen molar-refractivity contribution in [1.29, 1.82) is 0 Å². The van der Waals surface area contributed by atoms with Gasteiger partial charge >= 0.3 is 0 Å². The van der Waals surface area contributed by atoms with Crippen molar-refractivity contribution in [2.45, 2.75) is 18.9 Å². The van der Waals surface area contributed by atoms with Crippen LogP contribution in [0.5, 0.6) is 0 Å². The van der Waals surface area contributed by atoms with Crippen LogP contribution in [-0.4, -0.2) is 61.0 Å². The third-order valence-corrected chi connectivity index (χ3v) is 6.31. The van der Waals surface area contributed by atoms with E-state index in [9.17, 15) is 4.39 Å². The lowest BCUT2D eigenvalue weighted by Crippen LogP contribution is -2.18. The van der Waals surface area contributed by atoms with Gasteiger partial charge in [0.2, 0.25) is 17.8 Å². The third-order valence-electron chi connectivity index (χ3n) is 6.31. The van der Waals surface area contributed by atoms with Crippen molar-refractivity contribution in [3.05, 3.63) is 107 Å². The molecule has 216 valence electrons. The lowest BCUT2D eigenvalue weighted by molar-refractivity contribution is 0.0547. The van der Waals surface area contributed by atoms with Gasteiger partial charge in [-0.15, -0.1) is 0 Å². The molecule has 0 saturated heterocycles. The molecule has 3 aromatic carbocycles. The molecule has 0 aliphatic rings. The first-order valence-corrected chi connectivity index (χ1v) is 13.9. The van der Waals surface area contributed by atoms with E-state index < -0.39 is 0 Å². The van der Waals surface area contributed by atoms with E-state index in [4.69, 9.17) is 15.2 Å². The van der Waals surface area contributed by atoms with Gasteiger partial charge in [-0.3, -0.25) is 0 Å². The monoisotopic (exact) mass is 559 g/mol. The number of hydrogen-bond acceptors (Lipinski definition) is 9. The number of hydrogen-bond donors (Lipinski definition) is 4. The Hall–Kier alpha value is -4.12.